The van der Waals surface area contributed by atoms with E-state index in [4.69, 9.17) is 0 Å². The van der Waals surface area contributed by atoms with Crippen LogP contribution in [0.3, 0.4) is 0 Å². The van der Waals surface area contributed by atoms with Crippen LogP contribution < -0.4 is 5.32 Å². The summed E-state index contributed by atoms with van der Waals surface area (Å²) in [5, 5.41) is 13.8. The summed E-state index contributed by atoms with van der Waals surface area (Å²) < 4.78 is 0. The van der Waals surface area contributed by atoms with E-state index >= 15 is 0 Å². The number of carbonyl (C=O) groups excluding carboxylic acids is 2. The van der Waals surface area contributed by atoms with Gasteiger partial charge in [-0.2, -0.15) is 0 Å². The van der Waals surface area contributed by atoms with Gasteiger partial charge >= 0.3 is 0 Å². The van der Waals surface area contributed by atoms with E-state index in [9.17, 15) is 19.7 Å². The number of amides is 1. The van der Waals surface area contributed by atoms with Crippen LogP contribution in [0.5, 0.6) is 0 Å². The minimum absolute atomic E-state index is 0.0711. The largest absolute Gasteiger partial charge is 0.359 e. The fraction of sp³-hybridized carbons (Fsp3) is 0.364. The highest BCUT2D eigenvalue weighted by atomic mass is 16.6. The van der Waals surface area contributed by atoms with E-state index in [1.54, 1.807) is 6.08 Å². The molecule has 2 heterocycles. The molecule has 8 heteroatoms. The van der Waals surface area contributed by atoms with E-state index in [0.29, 0.717) is 29.8 Å². The Balaban J connectivity index is 1.92. The molecule has 1 aliphatic heterocycles. The number of fused-ring (bicyclic) bond motifs is 1. The number of hydrogen-bond acceptors (Lipinski definition) is 5. The Labute approximate surface area is 175 Å². The normalized spacial score (nSPS) is 14.3. The maximum absolute atomic E-state index is 12.5. The molecule has 0 radical (unpaired) electrons. The summed E-state index contributed by atoms with van der Waals surface area (Å²) in [5.74, 6) is -0.168. The third-order valence-corrected chi connectivity index (χ3v) is 5.59. The second-order valence-corrected chi connectivity index (χ2v) is 7.44. The molecular formula is C22H26N4O4. The number of Topliss-reactive ketones (excluding diaryl/α,β-unsaturated/α-hetero) is 1. The van der Waals surface area contributed by atoms with Gasteiger partial charge < -0.3 is 10.3 Å². The van der Waals surface area contributed by atoms with Gasteiger partial charge in [0.15, 0.2) is 5.78 Å². The first-order chi connectivity index (χ1) is 14.2. The topological polar surface area (TPSA) is 108 Å². The van der Waals surface area contributed by atoms with Gasteiger partial charge in [-0.3, -0.25) is 24.6 Å². The quantitative estimate of drug-likeness (QED) is 0.393. The van der Waals surface area contributed by atoms with Gasteiger partial charge in [0.05, 0.1) is 17.0 Å². The highest BCUT2D eigenvalue weighted by molar-refractivity contribution is 6.35. The Kier molecular flexibility index (Phi) is 6.17. The number of benzene rings is 1. The summed E-state index contributed by atoms with van der Waals surface area (Å²) in [6.07, 6.45) is 2.02. The number of nitro groups is 1. The van der Waals surface area contributed by atoms with E-state index in [2.05, 4.69) is 15.2 Å². The van der Waals surface area contributed by atoms with Gasteiger partial charge in [-0.1, -0.05) is 13.8 Å². The van der Waals surface area contributed by atoms with Crippen molar-refractivity contribution < 1.29 is 14.5 Å². The average Bonchev–Trinajstić information content (AvgIpc) is 3.16. The van der Waals surface area contributed by atoms with Gasteiger partial charge in [0.1, 0.15) is 0 Å². The first-order valence-corrected chi connectivity index (χ1v) is 9.99. The molecule has 0 spiro atoms. The molecular weight excluding hydrogens is 384 g/mol. The molecule has 30 heavy (non-hydrogen) atoms. The standard InChI is InChI=1S/C22H26N4O4/c1-5-25(6-2)12-16(27)10-17-13(3)21(23-14(17)4)11-19-18-9-15(26(29)30)7-8-20(18)24-22(19)28/h7-9,11,23H,5-6,10,12H2,1-4H3,(H,24,28)/b19-11-. The Hall–Kier alpha value is -3.26. The summed E-state index contributed by atoms with van der Waals surface area (Å²) in [5.41, 5.74) is 4.77. The molecule has 158 valence electrons. The van der Waals surface area contributed by atoms with E-state index in [1.807, 2.05) is 27.7 Å². The summed E-state index contributed by atoms with van der Waals surface area (Å²) in [4.78, 5) is 40.9. The first kappa shape index (κ1) is 21.4. The van der Waals surface area contributed by atoms with Gasteiger partial charge in [0, 0.05) is 41.2 Å². The molecule has 0 saturated heterocycles. The fourth-order valence-corrected chi connectivity index (χ4v) is 3.75. The maximum Gasteiger partial charge on any atom is 0.270 e. The molecule has 0 fully saturated rings. The van der Waals surface area contributed by atoms with Crippen molar-refractivity contribution >= 4 is 34.7 Å². The van der Waals surface area contributed by atoms with Crippen LogP contribution in [0, 0.1) is 24.0 Å². The van der Waals surface area contributed by atoms with Crippen LogP contribution in [0.1, 0.15) is 41.9 Å². The van der Waals surface area contributed by atoms with Gasteiger partial charge in [0.2, 0.25) is 0 Å². The van der Waals surface area contributed by atoms with Crippen molar-refractivity contribution in [1.29, 1.82) is 0 Å². The summed E-state index contributed by atoms with van der Waals surface area (Å²) in [6.45, 7) is 9.94. The predicted molar refractivity (Wildman–Crippen MR) is 116 cm³/mol. The van der Waals surface area contributed by atoms with Crippen molar-refractivity contribution in [3.05, 3.63) is 56.4 Å². The lowest BCUT2D eigenvalue weighted by atomic mass is 10.0. The van der Waals surface area contributed by atoms with Crippen molar-refractivity contribution in [2.24, 2.45) is 0 Å². The summed E-state index contributed by atoms with van der Waals surface area (Å²) in [7, 11) is 0. The number of anilines is 1. The molecule has 0 bridgehead atoms. The summed E-state index contributed by atoms with van der Waals surface area (Å²) in [6, 6.07) is 4.31. The molecule has 0 unspecified atom stereocenters. The number of ketones is 1. The molecule has 2 aromatic rings. The van der Waals surface area contributed by atoms with Gasteiger partial charge in [-0.15, -0.1) is 0 Å². The molecule has 1 aromatic carbocycles. The minimum atomic E-state index is -0.482. The Morgan fingerprint density at radius 2 is 1.93 bits per heavy atom. The number of aromatic amines is 1. The second kappa shape index (κ2) is 8.62. The monoisotopic (exact) mass is 410 g/mol. The van der Waals surface area contributed by atoms with E-state index < -0.39 is 4.92 Å². The average molecular weight is 410 g/mol. The van der Waals surface area contributed by atoms with Gasteiger partial charge in [0.25, 0.3) is 11.6 Å². The molecule has 3 rings (SSSR count). The number of hydrogen-bond donors (Lipinski definition) is 2. The van der Waals surface area contributed by atoms with Crippen molar-refractivity contribution in [1.82, 2.24) is 9.88 Å². The lowest BCUT2D eigenvalue weighted by Crippen LogP contribution is -2.30. The molecule has 1 aromatic heterocycles. The number of nitrogens with zero attached hydrogens (tertiary/aromatic N) is 2. The van der Waals surface area contributed by atoms with Crippen LogP contribution in [0.4, 0.5) is 11.4 Å². The third kappa shape index (κ3) is 4.18. The SMILES string of the molecule is CCN(CC)CC(=O)Cc1c(C)[nH]c(/C=C2\C(=O)Nc3ccc([N+](=O)[O-])cc32)c1C. The molecule has 0 saturated carbocycles. The number of nitrogens with one attached hydrogen (secondary N) is 2. The highest BCUT2D eigenvalue weighted by Gasteiger charge is 2.27. The number of H-pyrrole nitrogens is 1. The highest BCUT2D eigenvalue weighted by Crippen LogP contribution is 2.36. The van der Waals surface area contributed by atoms with Crippen molar-refractivity contribution in [3.8, 4) is 0 Å². The third-order valence-electron chi connectivity index (χ3n) is 5.59. The molecule has 1 aliphatic rings. The lowest BCUT2D eigenvalue weighted by Gasteiger charge is -2.16. The number of aryl methyl sites for hydroxylation is 1. The zero-order valence-corrected chi connectivity index (χ0v) is 17.7. The van der Waals surface area contributed by atoms with Gasteiger partial charge in [-0.05, 0) is 50.2 Å². The Morgan fingerprint density at radius 1 is 1.23 bits per heavy atom. The number of nitro benzene ring substituents is 1. The Bertz CT molecular complexity index is 1050. The van der Waals surface area contributed by atoms with Crippen LogP contribution in [-0.4, -0.2) is 46.1 Å². The molecule has 0 atom stereocenters. The van der Waals surface area contributed by atoms with Crippen LogP contribution in [-0.2, 0) is 16.0 Å². The van der Waals surface area contributed by atoms with Crippen LogP contribution in [0.25, 0.3) is 11.6 Å². The smallest absolute Gasteiger partial charge is 0.270 e. The van der Waals surface area contributed by atoms with Crippen molar-refractivity contribution in [3.63, 3.8) is 0 Å². The molecule has 0 aliphatic carbocycles. The van der Waals surface area contributed by atoms with Crippen LogP contribution in [0.2, 0.25) is 0 Å². The van der Waals surface area contributed by atoms with Crippen LogP contribution >= 0.6 is 0 Å². The first-order valence-electron chi connectivity index (χ1n) is 9.99. The van der Waals surface area contributed by atoms with E-state index in [-0.39, 0.29) is 17.4 Å². The number of rotatable bonds is 8. The molecule has 1 amide bonds. The maximum atomic E-state index is 12.5. The second-order valence-electron chi connectivity index (χ2n) is 7.44. The number of aromatic nitrogens is 1. The molecule has 2 N–H and O–H groups in total. The predicted octanol–water partition coefficient (Wildman–Crippen LogP) is 3.49. The number of carbonyl (C=O) groups is 2. The van der Waals surface area contributed by atoms with E-state index in [1.165, 1.54) is 18.2 Å². The van der Waals surface area contributed by atoms with Crippen LogP contribution in [0.15, 0.2) is 18.2 Å². The zero-order valence-electron chi connectivity index (χ0n) is 17.7. The summed E-state index contributed by atoms with van der Waals surface area (Å²) >= 11 is 0. The van der Waals surface area contributed by atoms with Crippen molar-refractivity contribution in [2.75, 3.05) is 25.0 Å². The minimum Gasteiger partial charge on any atom is -0.359 e. The lowest BCUT2D eigenvalue weighted by molar-refractivity contribution is -0.384. The van der Waals surface area contributed by atoms with E-state index in [0.717, 1.165) is 35.6 Å². The number of non-ortho nitro benzene ring substituents is 1. The fourth-order valence-electron chi connectivity index (χ4n) is 3.75. The molecule has 8 nitrogen and oxygen atoms in total. The Morgan fingerprint density at radius 3 is 2.57 bits per heavy atom. The van der Waals surface area contributed by atoms with Gasteiger partial charge in [-0.25, -0.2) is 0 Å². The van der Waals surface area contributed by atoms with Crippen molar-refractivity contribution in [2.45, 2.75) is 34.1 Å². The number of likely N-dealkylation sites (N-methyl/N-ethyl adjacent to an activating group) is 1. The zero-order chi connectivity index (χ0) is 22.0.